The molecule has 16 heavy (non-hydrogen) atoms. The second kappa shape index (κ2) is 4.59. The van der Waals surface area contributed by atoms with Crippen LogP contribution in [-0.2, 0) is 6.61 Å². The standard InChI is InChI=1S/C8H5F2N3O3/c9-8(10)5-1-7(13(15)16)4(3-14)6(2-11)12-5/h1,8,14H,3H2. The van der Waals surface area contributed by atoms with Gasteiger partial charge in [0.15, 0.2) is 5.69 Å². The van der Waals surface area contributed by atoms with Gasteiger partial charge in [-0.2, -0.15) is 5.26 Å². The maximum absolute atomic E-state index is 12.3. The molecule has 1 N–H and O–H groups in total. The lowest BCUT2D eigenvalue weighted by atomic mass is 10.1. The molecule has 0 atom stereocenters. The summed E-state index contributed by atoms with van der Waals surface area (Å²) in [5.41, 5.74) is -2.52. The number of aromatic nitrogens is 1. The van der Waals surface area contributed by atoms with E-state index in [-0.39, 0.29) is 5.56 Å². The topological polar surface area (TPSA) is 100 Å². The summed E-state index contributed by atoms with van der Waals surface area (Å²) in [4.78, 5) is 12.8. The van der Waals surface area contributed by atoms with Gasteiger partial charge in [0, 0.05) is 6.07 Å². The number of halogens is 2. The maximum atomic E-state index is 12.3. The van der Waals surface area contributed by atoms with Crippen LogP contribution in [0.5, 0.6) is 0 Å². The first kappa shape index (κ1) is 11.9. The highest BCUT2D eigenvalue weighted by atomic mass is 19.3. The van der Waals surface area contributed by atoms with Gasteiger partial charge in [0.25, 0.3) is 12.1 Å². The Labute approximate surface area is 87.9 Å². The van der Waals surface area contributed by atoms with E-state index < -0.39 is 35.0 Å². The van der Waals surface area contributed by atoms with Crippen LogP contribution in [-0.4, -0.2) is 15.0 Å². The van der Waals surface area contributed by atoms with Crippen molar-refractivity contribution in [3.63, 3.8) is 0 Å². The van der Waals surface area contributed by atoms with Gasteiger partial charge in [-0.05, 0) is 0 Å². The van der Waals surface area contributed by atoms with Crippen molar-refractivity contribution >= 4 is 5.69 Å². The first-order valence-corrected chi connectivity index (χ1v) is 3.98. The fourth-order valence-electron chi connectivity index (χ4n) is 1.10. The van der Waals surface area contributed by atoms with Crippen LogP contribution in [0.25, 0.3) is 0 Å². The van der Waals surface area contributed by atoms with Crippen LogP contribution in [0.4, 0.5) is 14.5 Å². The molecule has 1 aromatic rings. The second-order valence-electron chi connectivity index (χ2n) is 2.72. The Bertz CT molecular complexity index is 470. The molecule has 1 heterocycles. The minimum Gasteiger partial charge on any atom is -0.391 e. The summed E-state index contributed by atoms with van der Waals surface area (Å²) < 4.78 is 24.6. The molecule has 0 aromatic carbocycles. The van der Waals surface area contributed by atoms with Crippen LogP contribution >= 0.6 is 0 Å². The van der Waals surface area contributed by atoms with Crippen LogP contribution in [0.15, 0.2) is 6.07 Å². The van der Waals surface area contributed by atoms with E-state index in [0.29, 0.717) is 6.07 Å². The van der Waals surface area contributed by atoms with Crippen molar-refractivity contribution < 1.29 is 18.8 Å². The largest absolute Gasteiger partial charge is 0.391 e. The summed E-state index contributed by atoms with van der Waals surface area (Å²) in [6.07, 6.45) is -3.02. The Kier molecular flexibility index (Phi) is 3.42. The number of aliphatic hydroxyl groups excluding tert-OH is 1. The van der Waals surface area contributed by atoms with E-state index in [1.54, 1.807) is 0 Å². The molecule has 0 saturated carbocycles. The molecule has 1 rings (SSSR count). The predicted molar refractivity (Wildman–Crippen MR) is 46.5 cm³/mol. The van der Waals surface area contributed by atoms with Gasteiger partial charge in [-0.3, -0.25) is 10.1 Å². The van der Waals surface area contributed by atoms with Crippen molar-refractivity contribution in [2.45, 2.75) is 13.0 Å². The van der Waals surface area contributed by atoms with Crippen LogP contribution in [0, 0.1) is 21.4 Å². The Morgan fingerprint density at radius 1 is 1.69 bits per heavy atom. The summed E-state index contributed by atoms with van der Waals surface area (Å²) in [6.45, 7) is -0.810. The first-order chi connectivity index (χ1) is 7.51. The third-order valence-electron chi connectivity index (χ3n) is 1.80. The molecule has 8 heteroatoms. The van der Waals surface area contributed by atoms with E-state index in [1.807, 2.05) is 0 Å². The van der Waals surface area contributed by atoms with Crippen molar-refractivity contribution in [2.75, 3.05) is 0 Å². The van der Waals surface area contributed by atoms with E-state index >= 15 is 0 Å². The smallest absolute Gasteiger partial charge is 0.280 e. The zero-order valence-corrected chi connectivity index (χ0v) is 7.72. The zero-order chi connectivity index (χ0) is 12.3. The van der Waals surface area contributed by atoms with Crippen LogP contribution in [0.1, 0.15) is 23.4 Å². The molecule has 6 nitrogen and oxygen atoms in total. The molecular formula is C8H5F2N3O3. The lowest BCUT2D eigenvalue weighted by Crippen LogP contribution is -2.04. The van der Waals surface area contributed by atoms with Gasteiger partial charge in [0.05, 0.1) is 17.1 Å². The molecule has 0 radical (unpaired) electrons. The lowest BCUT2D eigenvalue weighted by Gasteiger charge is -2.04. The van der Waals surface area contributed by atoms with E-state index in [4.69, 9.17) is 10.4 Å². The van der Waals surface area contributed by atoms with Crippen molar-refractivity contribution in [1.82, 2.24) is 4.98 Å². The molecule has 0 unspecified atom stereocenters. The number of nitriles is 1. The van der Waals surface area contributed by atoms with Gasteiger partial charge in [-0.1, -0.05) is 0 Å². The third-order valence-corrected chi connectivity index (χ3v) is 1.80. The minimum absolute atomic E-state index is 0.364. The van der Waals surface area contributed by atoms with Crippen LogP contribution in [0.3, 0.4) is 0 Å². The Hall–Kier alpha value is -2.14. The summed E-state index contributed by atoms with van der Waals surface area (Å²) >= 11 is 0. The highest BCUT2D eigenvalue weighted by Gasteiger charge is 2.23. The summed E-state index contributed by atoms with van der Waals surface area (Å²) in [6, 6.07) is 1.98. The lowest BCUT2D eigenvalue weighted by molar-refractivity contribution is -0.386. The van der Waals surface area contributed by atoms with E-state index in [2.05, 4.69) is 4.98 Å². The average Bonchev–Trinajstić information content (AvgIpc) is 2.26. The average molecular weight is 229 g/mol. The third kappa shape index (κ3) is 2.09. The Morgan fingerprint density at radius 3 is 2.69 bits per heavy atom. The molecule has 0 amide bonds. The summed E-state index contributed by atoms with van der Waals surface area (Å²) in [5.74, 6) is 0. The number of alkyl halides is 2. The van der Waals surface area contributed by atoms with Crippen LogP contribution in [0.2, 0.25) is 0 Å². The van der Waals surface area contributed by atoms with Gasteiger partial charge in [0.1, 0.15) is 11.8 Å². The van der Waals surface area contributed by atoms with Gasteiger partial charge < -0.3 is 5.11 Å². The number of nitro groups is 1. The molecule has 0 fully saturated rings. The van der Waals surface area contributed by atoms with Gasteiger partial charge in [-0.25, -0.2) is 13.8 Å². The van der Waals surface area contributed by atoms with Crippen LogP contribution < -0.4 is 0 Å². The summed E-state index contributed by atoms with van der Waals surface area (Å²) in [7, 11) is 0. The summed E-state index contributed by atoms with van der Waals surface area (Å²) in [5, 5.41) is 27.9. The fraction of sp³-hybridized carbons (Fsp3) is 0.250. The number of hydrogen-bond acceptors (Lipinski definition) is 5. The second-order valence-corrected chi connectivity index (χ2v) is 2.72. The van der Waals surface area contributed by atoms with E-state index in [9.17, 15) is 18.9 Å². The molecule has 1 aromatic heterocycles. The van der Waals surface area contributed by atoms with E-state index in [0.717, 1.165) is 0 Å². The molecular weight excluding hydrogens is 224 g/mol. The monoisotopic (exact) mass is 229 g/mol. The highest BCUT2D eigenvalue weighted by molar-refractivity contribution is 5.48. The van der Waals surface area contributed by atoms with Gasteiger partial charge in [-0.15, -0.1) is 0 Å². The Morgan fingerprint density at radius 2 is 2.31 bits per heavy atom. The number of pyridine rings is 1. The van der Waals surface area contributed by atoms with E-state index in [1.165, 1.54) is 6.07 Å². The number of aliphatic hydroxyl groups is 1. The normalized spacial score (nSPS) is 10.2. The molecule has 0 aliphatic carbocycles. The fourth-order valence-corrected chi connectivity index (χ4v) is 1.10. The number of nitrogens with zero attached hydrogens (tertiary/aromatic N) is 3. The van der Waals surface area contributed by atoms with Gasteiger partial charge in [0.2, 0.25) is 0 Å². The van der Waals surface area contributed by atoms with Crippen molar-refractivity contribution in [3.05, 3.63) is 33.1 Å². The maximum Gasteiger partial charge on any atom is 0.280 e. The highest BCUT2D eigenvalue weighted by Crippen LogP contribution is 2.26. The van der Waals surface area contributed by atoms with Gasteiger partial charge >= 0.3 is 0 Å². The predicted octanol–water partition coefficient (Wildman–Crippen LogP) is 1.29. The number of rotatable bonds is 3. The molecule has 0 aliphatic heterocycles. The minimum atomic E-state index is -3.02. The van der Waals surface area contributed by atoms with Crippen molar-refractivity contribution in [2.24, 2.45) is 0 Å². The quantitative estimate of drug-likeness (QED) is 0.621. The Balaban J connectivity index is 3.51. The molecule has 0 saturated heterocycles. The zero-order valence-electron chi connectivity index (χ0n) is 7.72. The molecule has 0 bridgehead atoms. The molecule has 84 valence electrons. The first-order valence-electron chi connectivity index (χ1n) is 3.98. The SMILES string of the molecule is N#Cc1nc(C(F)F)cc([N+](=O)[O-])c1CO. The molecule has 0 aliphatic rings. The van der Waals surface area contributed by atoms with Crippen molar-refractivity contribution in [1.29, 1.82) is 5.26 Å². The van der Waals surface area contributed by atoms with Crippen molar-refractivity contribution in [3.8, 4) is 6.07 Å². The number of hydrogen-bond donors (Lipinski definition) is 1. The molecule has 0 spiro atoms.